The number of carbonyl (C=O) groups excluding carboxylic acids is 1. The zero-order valence-electron chi connectivity index (χ0n) is 10.9. The second kappa shape index (κ2) is 9.39. The first-order chi connectivity index (χ1) is 8.16. The minimum atomic E-state index is -0.639. The minimum absolute atomic E-state index is 0.0111. The van der Waals surface area contributed by atoms with Gasteiger partial charge in [-0.05, 0) is 19.8 Å². The molecule has 0 saturated carbocycles. The van der Waals surface area contributed by atoms with Crippen LogP contribution in [0.25, 0.3) is 0 Å². The highest BCUT2D eigenvalue weighted by Gasteiger charge is 2.37. The van der Waals surface area contributed by atoms with Crippen LogP contribution in [0.4, 0.5) is 0 Å². The lowest BCUT2D eigenvalue weighted by molar-refractivity contribution is -0.156. The molecule has 1 atom stereocenters. The van der Waals surface area contributed by atoms with E-state index in [1.807, 2.05) is 6.92 Å². The summed E-state index contributed by atoms with van der Waals surface area (Å²) in [5, 5.41) is 8.61. The number of esters is 1. The van der Waals surface area contributed by atoms with Crippen molar-refractivity contribution in [2.24, 2.45) is 11.1 Å². The standard InChI is InChI=1S/C12H25NO4/c1-3-5-12(10-13,11(15)17-4-2)6-8-16-9-7-14/h14H,3-10,13H2,1-2H3. The van der Waals surface area contributed by atoms with Gasteiger partial charge in [-0.2, -0.15) is 0 Å². The smallest absolute Gasteiger partial charge is 0.313 e. The fourth-order valence-corrected chi connectivity index (χ4v) is 1.81. The lowest BCUT2D eigenvalue weighted by Gasteiger charge is -2.29. The maximum Gasteiger partial charge on any atom is 0.313 e. The normalized spacial score (nSPS) is 14.4. The van der Waals surface area contributed by atoms with Gasteiger partial charge in [0.2, 0.25) is 0 Å². The van der Waals surface area contributed by atoms with E-state index >= 15 is 0 Å². The molecule has 0 aliphatic rings. The maximum absolute atomic E-state index is 11.9. The Kier molecular flexibility index (Phi) is 9.03. The molecule has 0 bridgehead atoms. The fourth-order valence-electron chi connectivity index (χ4n) is 1.81. The van der Waals surface area contributed by atoms with Crippen LogP contribution in [0.2, 0.25) is 0 Å². The van der Waals surface area contributed by atoms with Crippen LogP contribution in [0.3, 0.4) is 0 Å². The molecule has 1 unspecified atom stereocenters. The monoisotopic (exact) mass is 247 g/mol. The van der Waals surface area contributed by atoms with Crippen molar-refractivity contribution in [3.05, 3.63) is 0 Å². The summed E-state index contributed by atoms with van der Waals surface area (Å²) < 4.78 is 10.3. The number of aliphatic hydroxyl groups is 1. The van der Waals surface area contributed by atoms with Crippen LogP contribution in [0.15, 0.2) is 0 Å². The van der Waals surface area contributed by atoms with E-state index in [1.54, 1.807) is 6.92 Å². The molecule has 102 valence electrons. The van der Waals surface area contributed by atoms with E-state index in [0.29, 0.717) is 26.1 Å². The lowest BCUT2D eigenvalue weighted by atomic mass is 9.80. The van der Waals surface area contributed by atoms with Crippen molar-refractivity contribution >= 4 is 5.97 Å². The SMILES string of the molecule is CCCC(CN)(CCOCCO)C(=O)OCC. The highest BCUT2D eigenvalue weighted by atomic mass is 16.5. The first kappa shape index (κ1) is 16.4. The number of rotatable bonds is 10. The molecule has 0 fully saturated rings. The van der Waals surface area contributed by atoms with Crippen molar-refractivity contribution in [2.75, 3.05) is 33.0 Å². The molecule has 0 aliphatic carbocycles. The van der Waals surface area contributed by atoms with E-state index in [1.165, 1.54) is 0 Å². The van der Waals surface area contributed by atoms with E-state index < -0.39 is 5.41 Å². The van der Waals surface area contributed by atoms with Gasteiger partial charge in [-0.15, -0.1) is 0 Å². The maximum atomic E-state index is 11.9. The summed E-state index contributed by atoms with van der Waals surface area (Å²) >= 11 is 0. The lowest BCUT2D eigenvalue weighted by Crippen LogP contribution is -2.41. The summed E-state index contributed by atoms with van der Waals surface area (Å²) in [6, 6.07) is 0. The van der Waals surface area contributed by atoms with Gasteiger partial charge in [-0.3, -0.25) is 4.79 Å². The van der Waals surface area contributed by atoms with Crippen molar-refractivity contribution in [3.8, 4) is 0 Å². The molecule has 0 amide bonds. The van der Waals surface area contributed by atoms with Gasteiger partial charge in [0, 0.05) is 13.2 Å². The Morgan fingerprint density at radius 3 is 2.47 bits per heavy atom. The van der Waals surface area contributed by atoms with Crippen molar-refractivity contribution in [3.63, 3.8) is 0 Å². The van der Waals surface area contributed by atoms with Crippen LogP contribution in [0.5, 0.6) is 0 Å². The molecule has 5 nitrogen and oxygen atoms in total. The van der Waals surface area contributed by atoms with Crippen LogP contribution in [0, 0.1) is 5.41 Å². The van der Waals surface area contributed by atoms with Gasteiger partial charge in [-0.1, -0.05) is 13.3 Å². The largest absolute Gasteiger partial charge is 0.466 e. The summed E-state index contributed by atoms with van der Waals surface area (Å²) in [4.78, 5) is 11.9. The zero-order chi connectivity index (χ0) is 13.1. The average molecular weight is 247 g/mol. The minimum Gasteiger partial charge on any atom is -0.466 e. The van der Waals surface area contributed by atoms with E-state index in [4.69, 9.17) is 20.3 Å². The number of hydrogen-bond donors (Lipinski definition) is 2. The van der Waals surface area contributed by atoms with E-state index in [-0.39, 0.29) is 25.7 Å². The molecule has 17 heavy (non-hydrogen) atoms. The number of hydrogen-bond acceptors (Lipinski definition) is 5. The molecule has 0 heterocycles. The van der Waals surface area contributed by atoms with Crippen molar-refractivity contribution in [2.45, 2.75) is 33.1 Å². The Labute approximate surface area is 103 Å². The molecule has 0 aromatic rings. The number of nitrogens with two attached hydrogens (primary N) is 1. The van der Waals surface area contributed by atoms with Crippen LogP contribution in [-0.2, 0) is 14.3 Å². The van der Waals surface area contributed by atoms with Gasteiger partial charge in [0.25, 0.3) is 0 Å². The highest BCUT2D eigenvalue weighted by Crippen LogP contribution is 2.29. The Morgan fingerprint density at radius 2 is 2.00 bits per heavy atom. The molecule has 0 aliphatic heterocycles. The summed E-state index contributed by atoms with van der Waals surface area (Å²) in [5.74, 6) is -0.239. The van der Waals surface area contributed by atoms with Gasteiger partial charge < -0.3 is 20.3 Å². The number of carbonyl (C=O) groups is 1. The van der Waals surface area contributed by atoms with Crippen LogP contribution in [-0.4, -0.2) is 44.0 Å². The first-order valence-electron chi connectivity index (χ1n) is 6.22. The van der Waals surface area contributed by atoms with Gasteiger partial charge in [0.1, 0.15) is 0 Å². The quantitative estimate of drug-likeness (QED) is 0.438. The van der Waals surface area contributed by atoms with Crippen molar-refractivity contribution < 1.29 is 19.4 Å². The van der Waals surface area contributed by atoms with E-state index in [2.05, 4.69) is 0 Å². The predicted molar refractivity (Wildman–Crippen MR) is 65.6 cm³/mol. The molecule has 3 N–H and O–H groups in total. The molecular formula is C12H25NO4. The molecule has 0 aromatic carbocycles. The fraction of sp³-hybridized carbons (Fsp3) is 0.917. The number of ether oxygens (including phenoxy) is 2. The molecule has 0 spiro atoms. The average Bonchev–Trinajstić information content (AvgIpc) is 2.33. The Hall–Kier alpha value is -0.650. The van der Waals surface area contributed by atoms with Gasteiger partial charge in [0.05, 0.1) is 25.2 Å². The molecule has 0 aromatic heterocycles. The van der Waals surface area contributed by atoms with E-state index in [9.17, 15) is 4.79 Å². The third kappa shape index (κ3) is 5.48. The van der Waals surface area contributed by atoms with Crippen LogP contribution in [0.1, 0.15) is 33.1 Å². The summed E-state index contributed by atoms with van der Waals surface area (Å²) in [7, 11) is 0. The molecule has 5 heteroatoms. The van der Waals surface area contributed by atoms with Crippen LogP contribution < -0.4 is 5.73 Å². The first-order valence-corrected chi connectivity index (χ1v) is 6.22. The zero-order valence-corrected chi connectivity index (χ0v) is 10.9. The third-order valence-corrected chi connectivity index (χ3v) is 2.79. The second-order valence-corrected chi connectivity index (χ2v) is 4.04. The molecular weight excluding hydrogens is 222 g/mol. The Balaban J connectivity index is 4.41. The van der Waals surface area contributed by atoms with E-state index in [0.717, 1.165) is 6.42 Å². The molecule has 0 saturated heterocycles. The summed E-state index contributed by atoms with van der Waals surface area (Å²) in [6.07, 6.45) is 2.11. The summed E-state index contributed by atoms with van der Waals surface area (Å²) in [6.45, 7) is 5.12. The van der Waals surface area contributed by atoms with Gasteiger partial charge in [-0.25, -0.2) is 0 Å². The topological polar surface area (TPSA) is 81.8 Å². The van der Waals surface area contributed by atoms with Gasteiger partial charge in [0.15, 0.2) is 0 Å². The third-order valence-electron chi connectivity index (χ3n) is 2.79. The highest BCUT2D eigenvalue weighted by molar-refractivity contribution is 5.77. The molecule has 0 radical (unpaired) electrons. The van der Waals surface area contributed by atoms with Crippen molar-refractivity contribution in [1.82, 2.24) is 0 Å². The van der Waals surface area contributed by atoms with Crippen LogP contribution >= 0.6 is 0 Å². The Morgan fingerprint density at radius 1 is 1.29 bits per heavy atom. The second-order valence-electron chi connectivity index (χ2n) is 4.04. The van der Waals surface area contributed by atoms with Gasteiger partial charge >= 0.3 is 5.97 Å². The predicted octanol–water partition coefficient (Wildman–Crippen LogP) is 0.694. The Bertz CT molecular complexity index is 211. The summed E-state index contributed by atoms with van der Waals surface area (Å²) in [5.41, 5.74) is 5.10. The van der Waals surface area contributed by atoms with Crippen molar-refractivity contribution in [1.29, 1.82) is 0 Å². The number of aliphatic hydroxyl groups excluding tert-OH is 1. The molecule has 0 rings (SSSR count).